The minimum absolute atomic E-state index is 0.114. The second kappa shape index (κ2) is 20.7. The van der Waals surface area contributed by atoms with Gasteiger partial charge >= 0.3 is 12.1 Å². The third-order valence-corrected chi connectivity index (χ3v) is 11.8. The first-order chi connectivity index (χ1) is 28.1. The number of nitrogens with one attached hydrogen (secondary N) is 3. The van der Waals surface area contributed by atoms with Gasteiger partial charge in [-0.2, -0.15) is 0 Å². The monoisotopic (exact) mass is 826 g/mol. The van der Waals surface area contributed by atoms with Crippen LogP contribution in [0.3, 0.4) is 0 Å². The maximum atomic E-state index is 14.4. The van der Waals surface area contributed by atoms with Gasteiger partial charge in [-0.25, -0.2) is 14.6 Å². The van der Waals surface area contributed by atoms with Gasteiger partial charge in [0.1, 0.15) is 19.0 Å². The summed E-state index contributed by atoms with van der Waals surface area (Å²) in [6.07, 6.45) is 4.51. The summed E-state index contributed by atoms with van der Waals surface area (Å²) in [5.74, 6) is 0.143. The van der Waals surface area contributed by atoms with E-state index >= 15 is 0 Å². The van der Waals surface area contributed by atoms with E-state index in [0.29, 0.717) is 44.6 Å². The fraction of sp³-hybridized carbons (Fsp3) is 0.415. The Bertz CT molecular complexity index is 2080. The van der Waals surface area contributed by atoms with Crippen molar-refractivity contribution >= 4 is 46.6 Å². The van der Waals surface area contributed by atoms with E-state index in [1.807, 2.05) is 70.6 Å². The second-order valence-electron chi connectivity index (χ2n) is 14.7. The molecule has 3 atom stereocenters. The van der Waals surface area contributed by atoms with Crippen molar-refractivity contribution in [3.05, 3.63) is 117 Å². The van der Waals surface area contributed by atoms with E-state index in [2.05, 4.69) is 50.0 Å². The molecule has 2 aromatic carbocycles. The number of carbonyl (C=O) groups excluding carboxylic acids is 4. The number of aromatic nitrogens is 5. The normalized spacial score (nSPS) is 13.9. The van der Waals surface area contributed by atoms with Crippen LogP contribution in [0, 0.1) is 0 Å². The Labute approximate surface area is 346 Å². The lowest BCUT2D eigenvalue weighted by atomic mass is 9.95. The molecule has 17 heteroatoms. The lowest BCUT2D eigenvalue weighted by molar-refractivity contribution is -0.136. The Kier molecular flexibility index (Phi) is 14.9. The number of nitrogens with zero attached hydrogens (tertiary/aromatic N) is 7. The average molecular weight is 827 g/mol. The molecular weight excluding hydrogens is 777 g/mol. The number of alkyl carbamates (subject to hydrolysis) is 1. The molecule has 0 fully saturated rings. The summed E-state index contributed by atoms with van der Waals surface area (Å²) in [6, 6.07) is 17.2. The van der Waals surface area contributed by atoms with Crippen molar-refractivity contribution in [3.63, 3.8) is 0 Å². The first kappa shape index (κ1) is 41.9. The SMILES string of the molecule is CC(C)c1nc(CN(C)C(=O)NC(CC(=O)N2CCn3cnnc3C2)C(=O)NC(CCC(Cc2ccccc2)NC(=O)OCc2cncs2)Cc2ccccc2)cs1. The molecule has 0 aliphatic carbocycles. The van der Waals surface area contributed by atoms with E-state index in [1.54, 1.807) is 41.3 Å². The molecule has 0 radical (unpaired) electrons. The number of ether oxygens (including phenoxy) is 1. The van der Waals surface area contributed by atoms with Crippen LogP contribution in [0.15, 0.2) is 84.1 Å². The van der Waals surface area contributed by atoms with Crippen LogP contribution in [-0.4, -0.2) is 90.2 Å². The molecular formula is C41H50N10O5S2. The van der Waals surface area contributed by atoms with Gasteiger partial charge in [-0.1, -0.05) is 74.5 Å². The third-order valence-electron chi connectivity index (χ3n) is 9.80. The Morgan fingerprint density at radius 3 is 2.22 bits per heavy atom. The summed E-state index contributed by atoms with van der Waals surface area (Å²) in [4.78, 5) is 67.5. The summed E-state index contributed by atoms with van der Waals surface area (Å²) in [6.45, 7) is 5.68. The number of carbonyl (C=O) groups is 4. The molecule has 1 aliphatic rings. The van der Waals surface area contributed by atoms with Gasteiger partial charge in [-0.15, -0.1) is 32.9 Å². The zero-order chi connectivity index (χ0) is 40.9. The second-order valence-corrected chi connectivity index (χ2v) is 16.6. The van der Waals surface area contributed by atoms with Crippen LogP contribution in [-0.2, 0) is 53.4 Å². The van der Waals surface area contributed by atoms with Gasteiger partial charge in [0.2, 0.25) is 11.8 Å². The molecule has 58 heavy (non-hydrogen) atoms. The number of benzene rings is 2. The Morgan fingerprint density at radius 1 is 0.897 bits per heavy atom. The van der Waals surface area contributed by atoms with E-state index < -0.39 is 30.1 Å². The number of thiazole rings is 2. The lowest BCUT2D eigenvalue weighted by Crippen LogP contribution is -2.54. The van der Waals surface area contributed by atoms with E-state index in [4.69, 9.17) is 4.74 Å². The molecule has 0 spiro atoms. The highest BCUT2D eigenvalue weighted by atomic mass is 32.1. The van der Waals surface area contributed by atoms with E-state index in [9.17, 15) is 19.2 Å². The van der Waals surface area contributed by atoms with E-state index in [0.717, 1.165) is 26.7 Å². The zero-order valence-electron chi connectivity index (χ0n) is 33.0. The molecule has 3 N–H and O–H groups in total. The highest BCUT2D eigenvalue weighted by molar-refractivity contribution is 7.09. The van der Waals surface area contributed by atoms with Crippen LogP contribution in [0.25, 0.3) is 0 Å². The van der Waals surface area contributed by atoms with E-state index in [-0.39, 0.29) is 44.0 Å². The first-order valence-electron chi connectivity index (χ1n) is 19.4. The number of rotatable bonds is 18. The standard InChI is InChI=1S/C41H50N10O5S2/c1-28(2)39-45-33(25-57-39)22-49(3)40(54)47-35(20-37(52)50-16-17-51-26-43-48-36(51)23-50)38(53)44-31(18-29-10-6-4-7-11-29)14-15-32(19-30-12-8-5-9-13-30)46-41(55)56-24-34-21-42-27-58-34/h4-13,21,25-28,31-32,35H,14-20,22-24H2,1-3H3,(H,44,53)(H,46,55)(H,47,54). The number of fused-ring (bicyclic) bond motifs is 1. The summed E-state index contributed by atoms with van der Waals surface area (Å²) >= 11 is 2.95. The zero-order valence-corrected chi connectivity index (χ0v) is 34.6. The Morgan fingerprint density at radius 2 is 1.59 bits per heavy atom. The highest BCUT2D eigenvalue weighted by Gasteiger charge is 2.31. The van der Waals surface area contributed by atoms with Crippen molar-refractivity contribution in [2.24, 2.45) is 0 Å². The molecule has 1 aliphatic heterocycles. The maximum Gasteiger partial charge on any atom is 0.407 e. The summed E-state index contributed by atoms with van der Waals surface area (Å²) in [7, 11) is 1.64. The molecule has 306 valence electrons. The number of urea groups is 1. The van der Waals surface area contributed by atoms with Gasteiger partial charge in [0.05, 0.1) is 40.6 Å². The van der Waals surface area contributed by atoms with Crippen molar-refractivity contribution < 1.29 is 23.9 Å². The van der Waals surface area contributed by atoms with Crippen molar-refractivity contribution in [1.29, 1.82) is 0 Å². The fourth-order valence-electron chi connectivity index (χ4n) is 6.64. The van der Waals surface area contributed by atoms with Crippen LogP contribution >= 0.6 is 22.7 Å². The summed E-state index contributed by atoms with van der Waals surface area (Å²) in [5, 5.41) is 20.1. The fourth-order valence-corrected chi connectivity index (χ4v) is 7.97. The first-order valence-corrected chi connectivity index (χ1v) is 21.1. The Balaban J connectivity index is 1.17. The number of hydrogen-bond donors (Lipinski definition) is 3. The average Bonchev–Trinajstić information content (AvgIpc) is 4.02. The predicted molar refractivity (Wildman–Crippen MR) is 221 cm³/mol. The maximum absolute atomic E-state index is 14.4. The van der Waals surface area contributed by atoms with Gasteiger partial charge in [-0.3, -0.25) is 14.6 Å². The molecule has 0 bridgehead atoms. The molecule has 0 saturated carbocycles. The van der Waals surface area contributed by atoms with Gasteiger partial charge < -0.3 is 35.1 Å². The van der Waals surface area contributed by atoms with Crippen LogP contribution in [0.2, 0.25) is 0 Å². The topological polar surface area (TPSA) is 177 Å². The van der Waals surface area contributed by atoms with Gasteiger partial charge in [0.25, 0.3) is 0 Å². The predicted octanol–water partition coefficient (Wildman–Crippen LogP) is 5.30. The summed E-state index contributed by atoms with van der Waals surface area (Å²) < 4.78 is 7.41. The third kappa shape index (κ3) is 12.4. The molecule has 5 aromatic rings. The van der Waals surface area contributed by atoms with Crippen LogP contribution in [0.1, 0.15) is 71.6 Å². The van der Waals surface area contributed by atoms with Crippen molar-refractivity contribution in [1.82, 2.24) is 50.5 Å². The van der Waals surface area contributed by atoms with Crippen molar-refractivity contribution in [2.45, 2.75) is 96.2 Å². The quantitative estimate of drug-likeness (QED) is 0.106. The minimum atomic E-state index is -1.18. The largest absolute Gasteiger partial charge is 0.444 e. The van der Waals surface area contributed by atoms with Gasteiger partial charge in [0, 0.05) is 49.7 Å². The number of hydrogen-bond acceptors (Lipinski definition) is 11. The van der Waals surface area contributed by atoms with Gasteiger partial charge in [0.15, 0.2) is 5.82 Å². The molecule has 15 nitrogen and oxygen atoms in total. The molecule has 3 unspecified atom stereocenters. The smallest absolute Gasteiger partial charge is 0.407 e. The Hall–Kier alpha value is -5.68. The molecule has 6 rings (SSSR count). The highest BCUT2D eigenvalue weighted by Crippen LogP contribution is 2.20. The molecule has 5 amide bonds. The van der Waals surface area contributed by atoms with Crippen LogP contribution in [0.4, 0.5) is 9.59 Å². The van der Waals surface area contributed by atoms with Crippen molar-refractivity contribution in [2.75, 3.05) is 13.6 Å². The van der Waals surface area contributed by atoms with E-state index in [1.165, 1.54) is 16.2 Å². The van der Waals surface area contributed by atoms with Gasteiger partial charge in [-0.05, 0) is 36.8 Å². The molecule has 3 aromatic heterocycles. The number of amides is 5. The lowest BCUT2D eigenvalue weighted by Gasteiger charge is -2.30. The molecule has 4 heterocycles. The van der Waals surface area contributed by atoms with Crippen molar-refractivity contribution in [3.8, 4) is 0 Å². The minimum Gasteiger partial charge on any atom is -0.444 e. The van der Waals surface area contributed by atoms with Crippen LogP contribution < -0.4 is 16.0 Å². The van der Waals surface area contributed by atoms with Crippen LogP contribution in [0.5, 0.6) is 0 Å². The molecule has 0 saturated heterocycles. The summed E-state index contributed by atoms with van der Waals surface area (Å²) in [5.41, 5.74) is 4.47.